The Morgan fingerprint density at radius 1 is 1.36 bits per heavy atom. The molecule has 1 aliphatic heterocycles. The minimum absolute atomic E-state index is 0.0574. The predicted octanol–water partition coefficient (Wildman–Crippen LogP) is 3.25. The van der Waals surface area contributed by atoms with Gasteiger partial charge < -0.3 is 0 Å². The molecular weight excluding hydrogens is 569 g/mol. The molecule has 2 rings (SSSR count). The molecule has 1 aliphatic rings. The number of benzene rings is 1. The van der Waals surface area contributed by atoms with Gasteiger partial charge in [0.15, 0.2) is 0 Å². The number of carbonyl (C=O) groups excluding carboxylic acids is 1. The molecular formula is C26H38IN7O2. The number of nitrogens with one attached hydrogen (secondary N) is 3. The van der Waals surface area contributed by atoms with Gasteiger partial charge in [0.25, 0.3) is 0 Å². The molecule has 0 aromatic heterocycles. The molecule has 0 amide bonds. The van der Waals surface area contributed by atoms with Crippen LogP contribution < -0.4 is 10.7 Å². The first-order chi connectivity index (χ1) is 17.4. The molecule has 0 saturated carbocycles. The summed E-state index contributed by atoms with van der Waals surface area (Å²) in [5.41, 5.74) is 5.90. The molecule has 0 bridgehead atoms. The third kappa shape index (κ3) is 11.4. The van der Waals surface area contributed by atoms with Crippen LogP contribution in [0.15, 0.2) is 64.0 Å². The summed E-state index contributed by atoms with van der Waals surface area (Å²) in [6.07, 6.45) is 8.34. The molecule has 1 aromatic rings. The van der Waals surface area contributed by atoms with Crippen molar-refractivity contribution in [3.05, 3.63) is 59.9 Å². The van der Waals surface area contributed by atoms with Gasteiger partial charge in [-0.15, -0.1) is 0 Å². The van der Waals surface area contributed by atoms with Crippen LogP contribution in [0, 0.1) is 5.41 Å². The molecule has 1 fully saturated rings. The maximum absolute atomic E-state index is 12.4. The molecule has 196 valence electrons. The van der Waals surface area contributed by atoms with Crippen molar-refractivity contribution < 1.29 is 9.53 Å². The Morgan fingerprint density at radius 2 is 2.14 bits per heavy atom. The summed E-state index contributed by atoms with van der Waals surface area (Å²) in [6, 6.07) is 7.79. The van der Waals surface area contributed by atoms with Crippen molar-refractivity contribution in [3.8, 4) is 0 Å². The van der Waals surface area contributed by atoms with E-state index in [-0.39, 0.29) is 11.8 Å². The molecule has 10 heteroatoms. The number of hydrogen-bond donors (Lipinski definition) is 3. The van der Waals surface area contributed by atoms with Gasteiger partial charge in [-0.3, -0.25) is 15.2 Å². The van der Waals surface area contributed by atoms with Gasteiger partial charge in [0, 0.05) is 25.2 Å². The van der Waals surface area contributed by atoms with Crippen molar-refractivity contribution in [3.63, 3.8) is 0 Å². The van der Waals surface area contributed by atoms with Crippen LogP contribution in [-0.4, -0.2) is 81.4 Å². The van der Waals surface area contributed by atoms with Crippen LogP contribution >= 0.6 is 19.8 Å². The van der Waals surface area contributed by atoms with Crippen LogP contribution in [0.3, 0.4) is 0 Å². The molecule has 0 radical (unpaired) electrons. The number of hydrazone groups is 2. The number of ketones is 1. The summed E-state index contributed by atoms with van der Waals surface area (Å²) in [6.45, 7) is 9.58. The third-order valence-electron chi connectivity index (χ3n) is 5.09. The quantitative estimate of drug-likeness (QED) is 0.0708. The zero-order chi connectivity index (χ0) is 26.2. The molecule has 36 heavy (non-hydrogen) atoms. The Hall–Kier alpha value is -2.70. The summed E-state index contributed by atoms with van der Waals surface area (Å²) in [5.74, 6) is -0.234. The van der Waals surface area contributed by atoms with Gasteiger partial charge >= 0.3 is 150 Å². The molecule has 0 aliphatic carbocycles. The molecule has 3 N–H and O–H groups in total. The first-order valence-corrected chi connectivity index (χ1v) is 16.4. The minimum Gasteiger partial charge on any atom is -0.281 e. The summed E-state index contributed by atoms with van der Waals surface area (Å²) in [5, 5.41) is 21.3. The Balaban J connectivity index is 1.98. The fourth-order valence-corrected chi connectivity index (χ4v) is 7.63. The number of aliphatic imine (C=N–C) groups is 1. The normalized spacial score (nSPS) is 16.8. The minimum atomic E-state index is -0.978. The van der Waals surface area contributed by atoms with Gasteiger partial charge in [-0.2, -0.15) is 5.10 Å². The number of rotatable bonds is 15. The van der Waals surface area contributed by atoms with Crippen molar-refractivity contribution in [2.24, 2.45) is 15.2 Å². The number of ether oxygens (including phenoxy) is 1. The monoisotopic (exact) mass is 607 g/mol. The van der Waals surface area contributed by atoms with Gasteiger partial charge in [0.2, 0.25) is 0 Å². The fourth-order valence-electron chi connectivity index (χ4n) is 3.27. The summed E-state index contributed by atoms with van der Waals surface area (Å²) < 4.78 is 8.91. The molecule has 1 saturated heterocycles. The van der Waals surface area contributed by atoms with Crippen LogP contribution in [0.4, 0.5) is 0 Å². The number of hydrogen-bond acceptors (Lipinski definition) is 9. The van der Waals surface area contributed by atoms with E-state index in [9.17, 15) is 4.79 Å². The van der Waals surface area contributed by atoms with E-state index in [1.807, 2.05) is 51.4 Å². The first-order valence-electron chi connectivity index (χ1n) is 11.8. The number of allylic oxidation sites excluding steroid dienone is 2. The summed E-state index contributed by atoms with van der Waals surface area (Å²) in [7, 11) is 1.81. The SMILES string of the molecule is C=CC(=O)/C(Cc1cccc(C=NCC(C=N)NCI2CCOCC2)c1)=N\N/C(C)=C/N(C)/N=C\C. The average Bonchev–Trinajstić information content (AvgIpc) is 2.89. The summed E-state index contributed by atoms with van der Waals surface area (Å²) in [4.78, 5) is 16.9. The Kier molecular flexibility index (Phi) is 13.8. The van der Waals surface area contributed by atoms with Gasteiger partial charge in [-0.1, -0.05) is 6.58 Å². The molecule has 1 atom stereocenters. The number of carbonyl (C=O) groups is 1. The van der Waals surface area contributed by atoms with Crippen LogP contribution in [-0.2, 0) is 16.0 Å². The van der Waals surface area contributed by atoms with E-state index in [4.69, 9.17) is 10.1 Å². The molecule has 0 spiro atoms. The standard InChI is InChI=1S/C26H38IN7O2/c1-5-26(35)25(33-32-21(3)19-34(4)31-6-2)15-22-8-7-9-23(14-22)17-29-18-24(16-28)30-20-27-10-12-36-13-11-27/h5-9,14,16-17,19,24,28,30,32H,1,10-13,15,18,20H2,2-4H3/b21-19+,28-16?,29-17?,31-6-,33-25-. The number of halogens is 1. The fraction of sp³-hybridized carbons (Fsp3) is 0.423. The maximum atomic E-state index is 12.4. The van der Waals surface area contributed by atoms with Crippen LogP contribution in [0.1, 0.15) is 25.0 Å². The van der Waals surface area contributed by atoms with E-state index in [0.717, 1.165) is 34.6 Å². The van der Waals surface area contributed by atoms with E-state index in [2.05, 4.69) is 32.5 Å². The van der Waals surface area contributed by atoms with E-state index in [1.165, 1.54) is 21.1 Å². The first kappa shape index (κ1) is 29.5. The molecule has 1 aromatic carbocycles. The van der Waals surface area contributed by atoms with Crippen molar-refractivity contribution in [2.45, 2.75) is 26.3 Å². The van der Waals surface area contributed by atoms with Crippen molar-refractivity contribution >= 4 is 50.0 Å². The number of alkyl halides is 3. The zero-order valence-electron chi connectivity index (χ0n) is 21.4. The average molecular weight is 608 g/mol. The second kappa shape index (κ2) is 16.9. The Labute approximate surface area is 221 Å². The second-order valence-electron chi connectivity index (χ2n) is 8.08. The molecule has 1 unspecified atom stereocenters. The Bertz CT molecular complexity index is 984. The van der Waals surface area contributed by atoms with Crippen molar-refractivity contribution in [1.82, 2.24) is 15.8 Å². The topological polar surface area (TPSA) is 115 Å². The Morgan fingerprint density at radius 3 is 2.83 bits per heavy atom. The number of nitrogens with zero attached hydrogens (tertiary/aromatic N) is 4. The van der Waals surface area contributed by atoms with E-state index < -0.39 is 19.8 Å². The predicted molar refractivity (Wildman–Crippen MR) is 159 cm³/mol. The van der Waals surface area contributed by atoms with Gasteiger partial charge in [0.1, 0.15) is 0 Å². The van der Waals surface area contributed by atoms with E-state index in [0.29, 0.717) is 18.7 Å². The van der Waals surface area contributed by atoms with Crippen LogP contribution in [0.5, 0.6) is 0 Å². The second-order valence-corrected chi connectivity index (χ2v) is 14.2. The van der Waals surface area contributed by atoms with Crippen molar-refractivity contribution in [2.75, 3.05) is 40.2 Å². The third-order valence-corrected chi connectivity index (χ3v) is 10.5. The molecule has 9 nitrogen and oxygen atoms in total. The van der Waals surface area contributed by atoms with E-state index >= 15 is 0 Å². The summed E-state index contributed by atoms with van der Waals surface area (Å²) >= 11 is -0.978. The van der Waals surface area contributed by atoms with Crippen LogP contribution in [0.25, 0.3) is 0 Å². The van der Waals surface area contributed by atoms with E-state index in [1.54, 1.807) is 17.4 Å². The smallest absolute Gasteiger partial charge is 0.281 e. The van der Waals surface area contributed by atoms with Crippen LogP contribution in [0.2, 0.25) is 0 Å². The van der Waals surface area contributed by atoms with Gasteiger partial charge in [-0.25, -0.2) is 0 Å². The molecule has 1 heterocycles. The van der Waals surface area contributed by atoms with Gasteiger partial charge in [0.05, 0.1) is 0 Å². The zero-order valence-corrected chi connectivity index (χ0v) is 23.6. The van der Waals surface area contributed by atoms with Gasteiger partial charge in [-0.05, 0) is 19.9 Å². The van der Waals surface area contributed by atoms with Crippen molar-refractivity contribution in [1.29, 1.82) is 5.41 Å².